The highest BCUT2D eigenvalue weighted by atomic mass is 35.5. The van der Waals surface area contributed by atoms with Gasteiger partial charge in [-0.15, -0.1) is 0 Å². The van der Waals surface area contributed by atoms with Crippen LogP contribution in [0.5, 0.6) is 0 Å². The van der Waals surface area contributed by atoms with E-state index in [1.54, 1.807) is 0 Å². The Labute approximate surface area is 111 Å². The van der Waals surface area contributed by atoms with Crippen molar-refractivity contribution in [2.24, 2.45) is 0 Å². The Morgan fingerprint density at radius 1 is 1.28 bits per heavy atom. The summed E-state index contributed by atoms with van der Waals surface area (Å²) < 4.78 is 2.35. The van der Waals surface area contributed by atoms with Gasteiger partial charge in [-0.1, -0.05) is 23.7 Å². The molecule has 0 fully saturated rings. The molecule has 1 aromatic carbocycles. The molecule has 0 aliphatic carbocycles. The molecule has 2 aromatic rings. The molecule has 0 spiro atoms. The van der Waals surface area contributed by atoms with Crippen LogP contribution in [0.15, 0.2) is 30.5 Å². The van der Waals surface area contributed by atoms with Crippen LogP contribution < -0.4 is 0 Å². The first-order valence-electron chi connectivity index (χ1n) is 6.44. The van der Waals surface area contributed by atoms with Crippen molar-refractivity contribution in [1.82, 2.24) is 9.47 Å². The highest BCUT2D eigenvalue weighted by Crippen LogP contribution is 2.39. The summed E-state index contributed by atoms with van der Waals surface area (Å²) in [5, 5.41) is 2.04. The van der Waals surface area contributed by atoms with Crippen molar-refractivity contribution in [2.45, 2.75) is 19.0 Å². The molecule has 92 valence electrons. The van der Waals surface area contributed by atoms with E-state index >= 15 is 0 Å². The van der Waals surface area contributed by atoms with Crippen LogP contribution in [0.1, 0.15) is 12.0 Å². The third-order valence-corrected chi connectivity index (χ3v) is 4.62. The van der Waals surface area contributed by atoms with Gasteiger partial charge in [0, 0.05) is 35.3 Å². The number of fused-ring (bicyclic) bond motifs is 2. The van der Waals surface area contributed by atoms with Crippen molar-refractivity contribution in [2.75, 3.05) is 13.6 Å². The van der Waals surface area contributed by atoms with Crippen LogP contribution in [-0.4, -0.2) is 29.1 Å². The van der Waals surface area contributed by atoms with Gasteiger partial charge in [0.05, 0.1) is 11.6 Å². The second-order valence-electron chi connectivity index (χ2n) is 5.27. The van der Waals surface area contributed by atoms with Crippen molar-refractivity contribution >= 4 is 28.1 Å². The molecule has 0 amide bonds. The lowest BCUT2D eigenvalue weighted by molar-refractivity contribution is 0.260. The van der Waals surface area contributed by atoms with Crippen molar-refractivity contribution in [3.63, 3.8) is 0 Å². The first kappa shape index (κ1) is 10.7. The Morgan fingerprint density at radius 2 is 2.17 bits per heavy atom. The zero-order chi connectivity index (χ0) is 12.3. The van der Waals surface area contributed by atoms with Gasteiger partial charge in [0.1, 0.15) is 0 Å². The number of hydrogen-bond donors (Lipinski definition) is 0. The minimum atomic E-state index is 0.517. The molecule has 0 N–H and O–H groups in total. The standard InChI is InChI=1S/C15H15ClN2/c1-17-7-2-3-10-11-4-5-13(16)12-6-8-18(15(11)12)9-14(10)17/h3-6,8,14H,2,7,9H2,1H3. The van der Waals surface area contributed by atoms with E-state index in [0.29, 0.717) is 6.04 Å². The highest BCUT2D eigenvalue weighted by Gasteiger charge is 2.30. The van der Waals surface area contributed by atoms with Gasteiger partial charge in [-0.05, 0) is 31.2 Å². The number of hydrogen-bond acceptors (Lipinski definition) is 1. The predicted octanol–water partition coefficient (Wildman–Crippen LogP) is 3.40. The number of likely N-dealkylation sites (N-methyl/N-ethyl adjacent to an activating group) is 1. The van der Waals surface area contributed by atoms with E-state index in [4.69, 9.17) is 11.6 Å². The maximum atomic E-state index is 6.28. The number of nitrogens with zero attached hydrogens (tertiary/aromatic N) is 2. The van der Waals surface area contributed by atoms with Gasteiger partial charge in [0.25, 0.3) is 0 Å². The molecule has 2 aliphatic rings. The van der Waals surface area contributed by atoms with Crippen molar-refractivity contribution < 1.29 is 0 Å². The van der Waals surface area contributed by atoms with E-state index < -0.39 is 0 Å². The van der Waals surface area contributed by atoms with Crippen LogP contribution in [0.25, 0.3) is 16.5 Å². The molecule has 3 heterocycles. The summed E-state index contributed by atoms with van der Waals surface area (Å²) in [5.74, 6) is 0. The third-order valence-electron chi connectivity index (χ3n) is 4.29. The first-order valence-corrected chi connectivity index (χ1v) is 6.81. The van der Waals surface area contributed by atoms with Gasteiger partial charge in [-0.3, -0.25) is 4.90 Å². The van der Waals surface area contributed by atoms with Crippen molar-refractivity contribution in [3.05, 3.63) is 41.1 Å². The molecule has 1 unspecified atom stereocenters. The number of halogens is 1. The minimum absolute atomic E-state index is 0.517. The SMILES string of the molecule is CN1CCC=C2c3ccc(Cl)c4ccn(c34)CC21. The van der Waals surface area contributed by atoms with Gasteiger partial charge < -0.3 is 4.57 Å². The van der Waals surface area contributed by atoms with Gasteiger partial charge in [0.15, 0.2) is 0 Å². The molecular weight excluding hydrogens is 244 g/mol. The average molecular weight is 259 g/mol. The Kier molecular flexibility index (Phi) is 2.14. The maximum Gasteiger partial charge on any atom is 0.0572 e. The minimum Gasteiger partial charge on any atom is -0.345 e. The molecule has 0 bridgehead atoms. The lowest BCUT2D eigenvalue weighted by Gasteiger charge is -2.37. The van der Waals surface area contributed by atoms with Gasteiger partial charge in [-0.2, -0.15) is 0 Å². The third kappa shape index (κ3) is 1.28. The summed E-state index contributed by atoms with van der Waals surface area (Å²) in [7, 11) is 2.22. The van der Waals surface area contributed by atoms with Crippen LogP contribution in [0.2, 0.25) is 5.02 Å². The summed E-state index contributed by atoms with van der Waals surface area (Å²) in [6.45, 7) is 2.20. The Morgan fingerprint density at radius 3 is 3.06 bits per heavy atom. The van der Waals surface area contributed by atoms with E-state index in [1.807, 2.05) is 6.07 Å². The van der Waals surface area contributed by atoms with Crippen LogP contribution in [0, 0.1) is 0 Å². The average Bonchev–Trinajstić information content (AvgIpc) is 2.79. The van der Waals surface area contributed by atoms with E-state index in [9.17, 15) is 0 Å². The van der Waals surface area contributed by atoms with Crippen LogP contribution >= 0.6 is 11.6 Å². The molecule has 0 saturated carbocycles. The lowest BCUT2D eigenvalue weighted by Crippen LogP contribution is -2.41. The lowest BCUT2D eigenvalue weighted by atomic mass is 9.89. The van der Waals surface area contributed by atoms with Crippen LogP contribution in [-0.2, 0) is 6.54 Å². The fourth-order valence-electron chi connectivity index (χ4n) is 3.34. The smallest absolute Gasteiger partial charge is 0.0572 e. The van der Waals surface area contributed by atoms with E-state index in [2.05, 4.69) is 40.9 Å². The molecule has 1 atom stereocenters. The number of aromatic nitrogens is 1. The zero-order valence-corrected chi connectivity index (χ0v) is 11.1. The molecule has 0 radical (unpaired) electrons. The molecule has 3 heteroatoms. The Balaban J connectivity index is 2.04. The fourth-order valence-corrected chi connectivity index (χ4v) is 3.56. The molecule has 18 heavy (non-hydrogen) atoms. The Bertz CT molecular complexity index is 668. The van der Waals surface area contributed by atoms with E-state index in [0.717, 1.165) is 24.5 Å². The summed E-state index contributed by atoms with van der Waals surface area (Å²) >= 11 is 6.28. The quantitative estimate of drug-likeness (QED) is 0.703. The second-order valence-corrected chi connectivity index (χ2v) is 5.68. The molecular formula is C15H15ClN2. The van der Waals surface area contributed by atoms with E-state index in [1.165, 1.54) is 22.0 Å². The molecule has 2 nitrogen and oxygen atoms in total. The number of benzene rings is 1. The second kappa shape index (κ2) is 3.62. The maximum absolute atomic E-state index is 6.28. The highest BCUT2D eigenvalue weighted by molar-refractivity contribution is 6.35. The van der Waals surface area contributed by atoms with Crippen molar-refractivity contribution in [3.8, 4) is 0 Å². The molecule has 1 aromatic heterocycles. The molecule has 4 rings (SSSR count). The topological polar surface area (TPSA) is 8.17 Å². The normalized spacial score (nSPS) is 23.0. The summed E-state index contributed by atoms with van der Waals surface area (Å²) in [5.41, 5.74) is 4.15. The van der Waals surface area contributed by atoms with Crippen LogP contribution in [0.3, 0.4) is 0 Å². The van der Waals surface area contributed by atoms with Crippen molar-refractivity contribution in [1.29, 1.82) is 0 Å². The first-order chi connectivity index (χ1) is 8.75. The van der Waals surface area contributed by atoms with Crippen LogP contribution in [0.4, 0.5) is 0 Å². The van der Waals surface area contributed by atoms with Gasteiger partial charge >= 0.3 is 0 Å². The van der Waals surface area contributed by atoms with Gasteiger partial charge in [-0.25, -0.2) is 0 Å². The van der Waals surface area contributed by atoms with Gasteiger partial charge in [0.2, 0.25) is 0 Å². The molecule has 2 aliphatic heterocycles. The number of rotatable bonds is 0. The zero-order valence-electron chi connectivity index (χ0n) is 10.4. The largest absolute Gasteiger partial charge is 0.345 e. The monoisotopic (exact) mass is 258 g/mol. The molecule has 0 saturated heterocycles. The summed E-state index contributed by atoms with van der Waals surface area (Å²) in [6.07, 6.45) is 5.72. The summed E-state index contributed by atoms with van der Waals surface area (Å²) in [6, 6.07) is 6.86. The summed E-state index contributed by atoms with van der Waals surface area (Å²) in [4.78, 5) is 2.46. The van der Waals surface area contributed by atoms with E-state index in [-0.39, 0.29) is 0 Å². The fraction of sp³-hybridized carbons (Fsp3) is 0.333. The Hall–Kier alpha value is -1.25. The predicted molar refractivity (Wildman–Crippen MR) is 76.0 cm³/mol.